The molecule has 0 aromatic carbocycles. The minimum Gasteiger partial charge on any atom is -0.361 e. The van der Waals surface area contributed by atoms with Crippen LogP contribution in [0.25, 0.3) is 0 Å². The van der Waals surface area contributed by atoms with Gasteiger partial charge in [-0.3, -0.25) is 4.98 Å². The Balaban J connectivity index is 2.00. The monoisotopic (exact) mass is 300 g/mol. The Bertz CT molecular complexity index is 622. The third-order valence-electron chi connectivity index (χ3n) is 3.84. The number of hydrogen-bond acceptors (Lipinski definition) is 2. The largest absolute Gasteiger partial charge is 0.361 e. The molecule has 0 radical (unpaired) electrons. The summed E-state index contributed by atoms with van der Waals surface area (Å²) in [5.74, 6) is 0. The van der Waals surface area contributed by atoms with Crippen LogP contribution in [-0.2, 0) is 0 Å². The normalized spacial score (nSPS) is 21.6. The number of H-pyrrole nitrogens is 1. The third-order valence-corrected chi connectivity index (χ3v) is 4.19. The second kappa shape index (κ2) is 5.85. The van der Waals surface area contributed by atoms with E-state index < -0.39 is 0 Å². The molecule has 2 aromatic heterocycles. The molecular weight excluding hydrogens is 280 g/mol. The quantitative estimate of drug-likeness (QED) is 0.852. The molecule has 21 heavy (non-hydrogen) atoms. The molecule has 1 saturated heterocycles. The zero-order chi connectivity index (χ0) is 14.8. The summed E-state index contributed by atoms with van der Waals surface area (Å²) in [5.41, 5.74) is 3.37. The maximum absolute atomic E-state index is 5.54. The molecule has 0 saturated carbocycles. The van der Waals surface area contributed by atoms with Gasteiger partial charge in [0.1, 0.15) is 0 Å². The fraction of sp³-hybridized carbons (Fsp3) is 0.375. The van der Waals surface area contributed by atoms with Gasteiger partial charge in [-0.1, -0.05) is 13.0 Å². The zero-order valence-corrected chi connectivity index (χ0v) is 13.2. The van der Waals surface area contributed by atoms with Gasteiger partial charge in [0, 0.05) is 24.1 Å². The van der Waals surface area contributed by atoms with Crippen molar-refractivity contribution in [2.75, 3.05) is 6.54 Å². The minimum atomic E-state index is 0.0864. The predicted molar refractivity (Wildman–Crippen MR) is 88.0 cm³/mol. The predicted octanol–water partition coefficient (Wildman–Crippen LogP) is 3.10. The summed E-state index contributed by atoms with van der Waals surface area (Å²) in [6, 6.07) is 10.5. The highest BCUT2D eigenvalue weighted by Crippen LogP contribution is 2.37. The first-order valence-corrected chi connectivity index (χ1v) is 7.75. The van der Waals surface area contributed by atoms with Crippen molar-refractivity contribution in [2.45, 2.75) is 32.4 Å². The number of aromatic nitrogens is 2. The molecule has 3 rings (SSSR count). The fourth-order valence-corrected chi connectivity index (χ4v) is 3.26. The Hall–Kier alpha value is -1.88. The van der Waals surface area contributed by atoms with Gasteiger partial charge in [0.05, 0.1) is 17.8 Å². The highest BCUT2D eigenvalue weighted by molar-refractivity contribution is 7.80. The van der Waals surface area contributed by atoms with Gasteiger partial charge in [-0.15, -0.1) is 0 Å². The van der Waals surface area contributed by atoms with Crippen molar-refractivity contribution in [2.24, 2.45) is 0 Å². The van der Waals surface area contributed by atoms with E-state index in [9.17, 15) is 0 Å². The van der Waals surface area contributed by atoms with Crippen LogP contribution in [0, 0.1) is 6.92 Å². The average molecular weight is 300 g/mol. The minimum absolute atomic E-state index is 0.0864. The van der Waals surface area contributed by atoms with Crippen LogP contribution < -0.4 is 5.32 Å². The summed E-state index contributed by atoms with van der Waals surface area (Å²) in [7, 11) is 0. The SMILES string of the molecule is CCCN1C(=S)N[C@@H](c2ccccn2)[C@H]1c1ccc(C)[nH]1. The van der Waals surface area contributed by atoms with Gasteiger partial charge in [0.25, 0.3) is 0 Å². The zero-order valence-electron chi connectivity index (χ0n) is 12.3. The lowest BCUT2D eigenvalue weighted by Crippen LogP contribution is -2.30. The molecule has 0 bridgehead atoms. The molecule has 1 aliphatic rings. The maximum atomic E-state index is 5.54. The Kier molecular flexibility index (Phi) is 3.92. The lowest BCUT2D eigenvalue weighted by Gasteiger charge is -2.26. The van der Waals surface area contributed by atoms with Crippen LogP contribution in [0.1, 0.15) is 42.5 Å². The molecule has 1 aliphatic heterocycles. The lowest BCUT2D eigenvalue weighted by molar-refractivity contribution is 0.312. The Morgan fingerprint density at radius 2 is 2.14 bits per heavy atom. The van der Waals surface area contributed by atoms with E-state index in [0.29, 0.717) is 0 Å². The summed E-state index contributed by atoms with van der Waals surface area (Å²) < 4.78 is 0. The maximum Gasteiger partial charge on any atom is 0.170 e. The smallest absolute Gasteiger partial charge is 0.170 e. The van der Waals surface area contributed by atoms with E-state index in [0.717, 1.165) is 23.8 Å². The molecule has 2 aromatic rings. The van der Waals surface area contributed by atoms with E-state index in [1.165, 1.54) is 11.4 Å². The molecule has 4 nitrogen and oxygen atoms in total. The summed E-state index contributed by atoms with van der Waals surface area (Å²) in [5, 5.41) is 4.25. The van der Waals surface area contributed by atoms with Crippen LogP contribution in [0.3, 0.4) is 0 Å². The van der Waals surface area contributed by atoms with Gasteiger partial charge in [0.15, 0.2) is 5.11 Å². The molecule has 0 aliphatic carbocycles. The highest BCUT2D eigenvalue weighted by atomic mass is 32.1. The van der Waals surface area contributed by atoms with E-state index in [-0.39, 0.29) is 12.1 Å². The molecule has 5 heteroatoms. The number of thiocarbonyl (C=S) groups is 1. The number of nitrogens with zero attached hydrogens (tertiary/aromatic N) is 2. The summed E-state index contributed by atoms with van der Waals surface area (Å²) in [6.45, 7) is 5.19. The number of rotatable bonds is 4. The van der Waals surface area contributed by atoms with E-state index in [2.05, 4.69) is 52.2 Å². The van der Waals surface area contributed by atoms with Gasteiger partial charge >= 0.3 is 0 Å². The first-order valence-electron chi connectivity index (χ1n) is 7.34. The molecular formula is C16H20N4S. The first kappa shape index (κ1) is 14.1. The second-order valence-corrected chi connectivity index (χ2v) is 5.80. The van der Waals surface area contributed by atoms with Crippen LogP contribution in [0.4, 0.5) is 0 Å². The topological polar surface area (TPSA) is 44.0 Å². The fourth-order valence-electron chi connectivity index (χ4n) is 2.92. The van der Waals surface area contributed by atoms with Gasteiger partial charge in [-0.05, 0) is 49.8 Å². The van der Waals surface area contributed by atoms with Crippen molar-refractivity contribution >= 4 is 17.3 Å². The molecule has 0 amide bonds. The van der Waals surface area contributed by atoms with Crippen LogP contribution in [0.5, 0.6) is 0 Å². The van der Waals surface area contributed by atoms with Gasteiger partial charge in [0.2, 0.25) is 0 Å². The Morgan fingerprint density at radius 3 is 2.76 bits per heavy atom. The molecule has 0 unspecified atom stereocenters. The number of nitrogens with one attached hydrogen (secondary N) is 2. The highest BCUT2D eigenvalue weighted by Gasteiger charge is 2.39. The summed E-state index contributed by atoms with van der Waals surface area (Å²) in [6.07, 6.45) is 2.90. The Labute approximate surface area is 130 Å². The number of pyridine rings is 1. The van der Waals surface area contributed by atoms with Crippen LogP contribution >= 0.6 is 12.2 Å². The van der Waals surface area contributed by atoms with Crippen LogP contribution in [0.15, 0.2) is 36.5 Å². The van der Waals surface area contributed by atoms with Gasteiger partial charge < -0.3 is 15.2 Å². The Morgan fingerprint density at radius 1 is 1.29 bits per heavy atom. The van der Waals surface area contributed by atoms with E-state index in [4.69, 9.17) is 12.2 Å². The molecule has 1 fully saturated rings. The molecule has 3 heterocycles. The van der Waals surface area contributed by atoms with Crippen molar-refractivity contribution in [3.8, 4) is 0 Å². The standard InChI is InChI=1S/C16H20N4S/c1-3-10-20-15(13-8-7-11(2)18-13)14(19-16(20)21)12-6-4-5-9-17-12/h4-9,14-15,18H,3,10H2,1-2H3,(H,19,21)/t14-,15+/m0/s1. The first-order chi connectivity index (χ1) is 10.2. The van der Waals surface area contributed by atoms with Crippen LogP contribution in [-0.4, -0.2) is 26.5 Å². The molecule has 0 spiro atoms. The average Bonchev–Trinajstić information content (AvgIpc) is 3.05. The van der Waals surface area contributed by atoms with E-state index >= 15 is 0 Å². The van der Waals surface area contributed by atoms with Gasteiger partial charge in [-0.25, -0.2) is 0 Å². The second-order valence-electron chi connectivity index (χ2n) is 5.42. The van der Waals surface area contributed by atoms with E-state index in [1.54, 1.807) is 0 Å². The molecule has 110 valence electrons. The summed E-state index contributed by atoms with van der Waals surface area (Å²) in [4.78, 5) is 10.2. The number of aryl methyl sites for hydroxylation is 1. The van der Waals surface area contributed by atoms with Crippen molar-refractivity contribution in [1.82, 2.24) is 20.2 Å². The number of aromatic amines is 1. The number of hydrogen-bond donors (Lipinski definition) is 2. The summed E-state index contributed by atoms with van der Waals surface area (Å²) >= 11 is 5.54. The van der Waals surface area contributed by atoms with Crippen molar-refractivity contribution < 1.29 is 0 Å². The third kappa shape index (κ3) is 2.65. The van der Waals surface area contributed by atoms with Crippen LogP contribution in [0.2, 0.25) is 0 Å². The molecule has 2 N–H and O–H groups in total. The lowest BCUT2D eigenvalue weighted by atomic mass is 10.0. The van der Waals surface area contributed by atoms with E-state index in [1.807, 2.05) is 18.3 Å². The van der Waals surface area contributed by atoms with Crippen molar-refractivity contribution in [3.05, 3.63) is 53.6 Å². The molecule has 2 atom stereocenters. The van der Waals surface area contributed by atoms with Crippen molar-refractivity contribution in [1.29, 1.82) is 0 Å². The van der Waals surface area contributed by atoms with Crippen molar-refractivity contribution in [3.63, 3.8) is 0 Å². The van der Waals surface area contributed by atoms with Gasteiger partial charge in [-0.2, -0.15) is 0 Å².